The maximum absolute atomic E-state index is 10.6. The Morgan fingerprint density at radius 3 is 1.04 bits per heavy atom. The monoisotopic (exact) mass is 753 g/mol. The summed E-state index contributed by atoms with van der Waals surface area (Å²) in [4.78, 5) is 22.2. The highest BCUT2D eigenvalue weighted by Crippen LogP contribution is 2.42. The standard InChI is InChI=1S/C46H35N5O6/c1-55-40-22-26(4-15-37(40)52)44-31-9-7-29(48-31)43(25-18-20-47-21-19-25)30-8-10-32(49-30)45(27-5-16-38(53)41(23-27)56-2)34-12-14-36(51-34)46(35-13-11-33(44)50-35)28-6-17-39(54)42(24-28)57-3/h4-24,48,51-54H,1-3H3. The number of hydrogen-bond acceptors (Lipinski definition) is 9. The summed E-state index contributed by atoms with van der Waals surface area (Å²) in [6.45, 7) is 0. The maximum atomic E-state index is 10.6. The van der Waals surface area contributed by atoms with E-state index in [4.69, 9.17) is 24.2 Å². The Morgan fingerprint density at radius 1 is 0.404 bits per heavy atom. The van der Waals surface area contributed by atoms with Crippen molar-refractivity contribution in [2.24, 2.45) is 0 Å². The van der Waals surface area contributed by atoms with Crippen molar-refractivity contribution >= 4 is 46.4 Å². The van der Waals surface area contributed by atoms with E-state index in [1.807, 2.05) is 78.9 Å². The van der Waals surface area contributed by atoms with E-state index in [0.29, 0.717) is 34.3 Å². The summed E-state index contributed by atoms with van der Waals surface area (Å²) >= 11 is 0. The van der Waals surface area contributed by atoms with Gasteiger partial charge in [0.2, 0.25) is 0 Å². The molecule has 0 amide bonds. The molecule has 8 bridgehead atoms. The van der Waals surface area contributed by atoms with Crippen molar-refractivity contribution < 1.29 is 29.5 Å². The van der Waals surface area contributed by atoms with Gasteiger partial charge < -0.3 is 39.5 Å². The van der Waals surface area contributed by atoms with Crippen LogP contribution in [-0.4, -0.2) is 61.6 Å². The Labute approximate surface area is 326 Å². The minimum Gasteiger partial charge on any atom is -0.504 e. The van der Waals surface area contributed by atoms with Crippen LogP contribution in [0.4, 0.5) is 0 Å². The number of phenolic OH excluding ortho intramolecular Hbond substituents is 3. The second-order valence-corrected chi connectivity index (χ2v) is 13.4. The van der Waals surface area contributed by atoms with E-state index in [2.05, 4.69) is 15.0 Å². The zero-order valence-electron chi connectivity index (χ0n) is 31.0. The predicted molar refractivity (Wildman–Crippen MR) is 223 cm³/mol. The fourth-order valence-electron chi connectivity index (χ4n) is 7.44. The van der Waals surface area contributed by atoms with Gasteiger partial charge in [0, 0.05) is 56.7 Å². The largest absolute Gasteiger partial charge is 0.504 e. The van der Waals surface area contributed by atoms with Gasteiger partial charge in [0.05, 0.1) is 44.1 Å². The molecule has 0 saturated heterocycles. The average molecular weight is 754 g/mol. The van der Waals surface area contributed by atoms with Crippen LogP contribution in [0.1, 0.15) is 22.8 Å². The Hall–Kier alpha value is -7.79. The van der Waals surface area contributed by atoms with E-state index in [-0.39, 0.29) is 17.2 Å². The minimum atomic E-state index is 0.00996. The maximum Gasteiger partial charge on any atom is 0.161 e. The highest BCUT2D eigenvalue weighted by Gasteiger charge is 2.20. The zero-order chi connectivity index (χ0) is 39.2. The molecule has 7 aromatic rings. The number of pyridine rings is 1. The smallest absolute Gasteiger partial charge is 0.161 e. The third-order valence-electron chi connectivity index (χ3n) is 10.1. The summed E-state index contributed by atoms with van der Waals surface area (Å²) in [6.07, 6.45) is 11.4. The molecule has 0 atom stereocenters. The van der Waals surface area contributed by atoms with Crippen molar-refractivity contribution in [1.29, 1.82) is 0 Å². The highest BCUT2D eigenvalue weighted by atomic mass is 16.5. The van der Waals surface area contributed by atoms with Crippen molar-refractivity contribution in [3.8, 4) is 79.0 Å². The van der Waals surface area contributed by atoms with Crippen molar-refractivity contribution in [2.45, 2.75) is 0 Å². The quantitative estimate of drug-likeness (QED) is 0.107. The van der Waals surface area contributed by atoms with Crippen LogP contribution in [0.2, 0.25) is 0 Å². The first-order chi connectivity index (χ1) is 27.8. The molecule has 6 heterocycles. The van der Waals surface area contributed by atoms with Gasteiger partial charge >= 0.3 is 0 Å². The van der Waals surface area contributed by atoms with Crippen molar-refractivity contribution in [2.75, 3.05) is 21.3 Å². The lowest BCUT2D eigenvalue weighted by Gasteiger charge is -2.10. The van der Waals surface area contributed by atoms with Crippen LogP contribution in [0.3, 0.4) is 0 Å². The Kier molecular flexibility index (Phi) is 8.66. The summed E-state index contributed by atoms with van der Waals surface area (Å²) in [7, 11) is 4.55. The van der Waals surface area contributed by atoms with E-state index in [9.17, 15) is 15.3 Å². The van der Waals surface area contributed by atoms with Gasteiger partial charge in [-0.15, -0.1) is 0 Å². The van der Waals surface area contributed by atoms with E-state index in [0.717, 1.165) is 72.3 Å². The average Bonchev–Trinajstić information content (AvgIpc) is 4.08. The third kappa shape index (κ3) is 6.17. The van der Waals surface area contributed by atoms with Gasteiger partial charge in [-0.25, -0.2) is 9.97 Å². The lowest BCUT2D eigenvalue weighted by Crippen LogP contribution is -1.91. The van der Waals surface area contributed by atoms with Crippen LogP contribution in [-0.2, 0) is 0 Å². The molecule has 280 valence electrons. The van der Waals surface area contributed by atoms with Crippen molar-refractivity contribution in [3.63, 3.8) is 0 Å². The summed E-state index contributed by atoms with van der Waals surface area (Å²) in [5.74, 6) is 1.01. The van der Waals surface area contributed by atoms with Crippen LogP contribution in [0, 0.1) is 0 Å². The van der Waals surface area contributed by atoms with Crippen LogP contribution in [0.25, 0.3) is 90.9 Å². The third-order valence-corrected chi connectivity index (χ3v) is 10.1. The Bertz CT molecular complexity index is 2910. The number of aromatic nitrogens is 5. The molecule has 0 fully saturated rings. The summed E-state index contributed by atoms with van der Waals surface area (Å²) in [5, 5.41) is 31.7. The molecular formula is C46H35N5O6. The second-order valence-electron chi connectivity index (χ2n) is 13.4. The number of nitrogens with zero attached hydrogens (tertiary/aromatic N) is 3. The molecule has 9 rings (SSSR count). The van der Waals surface area contributed by atoms with E-state index < -0.39 is 0 Å². The molecule has 0 saturated carbocycles. The summed E-state index contributed by atoms with van der Waals surface area (Å²) in [6, 6.07) is 27.6. The molecule has 0 aliphatic carbocycles. The molecule has 3 aromatic carbocycles. The predicted octanol–water partition coefficient (Wildman–Crippen LogP) is 9.86. The number of aromatic amines is 2. The number of rotatable bonds is 7. The lowest BCUT2D eigenvalue weighted by atomic mass is 10.0. The van der Waals surface area contributed by atoms with Gasteiger partial charge in [-0.05, 0) is 119 Å². The SMILES string of the molecule is COc1cc(-c2c3nc(c(-c4ccc(O)c(OC)c4)c4ccc([nH]4)c(-c4ccc(O)c(OC)c4)c4nc(c(-c5ccncc5)c5ccc2[nH]5)C=C4)C=C3)ccc1O. The molecule has 11 nitrogen and oxygen atoms in total. The van der Waals surface area contributed by atoms with Crippen molar-refractivity contribution in [1.82, 2.24) is 24.9 Å². The molecular weight excluding hydrogens is 719 g/mol. The summed E-state index contributed by atoms with van der Waals surface area (Å²) in [5.41, 5.74) is 12.1. The molecule has 0 radical (unpaired) electrons. The van der Waals surface area contributed by atoms with Gasteiger partial charge in [0.15, 0.2) is 34.5 Å². The van der Waals surface area contributed by atoms with Crippen LogP contribution in [0.5, 0.6) is 34.5 Å². The van der Waals surface area contributed by atoms with Gasteiger partial charge in [-0.1, -0.05) is 18.2 Å². The normalized spacial score (nSPS) is 11.8. The number of fused-ring (bicyclic) bond motifs is 8. The number of hydrogen-bond donors (Lipinski definition) is 5. The molecule has 2 aliphatic rings. The first-order valence-corrected chi connectivity index (χ1v) is 18.0. The Balaban J connectivity index is 1.47. The van der Waals surface area contributed by atoms with Gasteiger partial charge in [-0.3, -0.25) is 4.98 Å². The molecule has 57 heavy (non-hydrogen) atoms. The topological polar surface area (TPSA) is 159 Å². The van der Waals surface area contributed by atoms with Crippen LogP contribution >= 0.6 is 0 Å². The second kappa shape index (κ2) is 14.1. The Morgan fingerprint density at radius 2 is 0.719 bits per heavy atom. The molecule has 0 unspecified atom stereocenters. The minimum absolute atomic E-state index is 0.00996. The first-order valence-electron chi connectivity index (χ1n) is 18.0. The number of benzene rings is 3. The molecule has 2 aliphatic heterocycles. The van der Waals surface area contributed by atoms with Crippen molar-refractivity contribution in [3.05, 3.63) is 126 Å². The number of ether oxygens (including phenoxy) is 3. The van der Waals surface area contributed by atoms with Gasteiger partial charge in [0.25, 0.3) is 0 Å². The number of aromatic hydroxyl groups is 3. The molecule has 5 N–H and O–H groups in total. The molecule has 4 aromatic heterocycles. The van der Waals surface area contributed by atoms with Crippen LogP contribution in [0.15, 0.2) is 103 Å². The zero-order valence-corrected chi connectivity index (χ0v) is 31.0. The summed E-state index contributed by atoms with van der Waals surface area (Å²) < 4.78 is 16.6. The van der Waals surface area contributed by atoms with E-state index in [1.165, 1.54) is 21.3 Å². The molecule has 11 heteroatoms. The lowest BCUT2D eigenvalue weighted by molar-refractivity contribution is 0.373. The molecule has 0 spiro atoms. The van der Waals surface area contributed by atoms with E-state index in [1.54, 1.807) is 48.8 Å². The first kappa shape index (κ1) is 34.9. The van der Waals surface area contributed by atoms with Gasteiger partial charge in [0.1, 0.15) is 0 Å². The number of phenols is 3. The fourth-order valence-corrected chi connectivity index (χ4v) is 7.44. The van der Waals surface area contributed by atoms with Crippen LogP contribution < -0.4 is 14.2 Å². The number of methoxy groups -OCH3 is 3. The van der Waals surface area contributed by atoms with E-state index >= 15 is 0 Å². The number of nitrogens with one attached hydrogen (secondary N) is 2. The number of H-pyrrole nitrogens is 2. The van der Waals surface area contributed by atoms with Gasteiger partial charge in [-0.2, -0.15) is 0 Å². The fraction of sp³-hybridized carbons (Fsp3) is 0.0652. The highest BCUT2D eigenvalue weighted by molar-refractivity contribution is 6.00.